The summed E-state index contributed by atoms with van der Waals surface area (Å²) in [5.41, 5.74) is 3.97. The van der Waals surface area contributed by atoms with Gasteiger partial charge in [0.05, 0.1) is 12.7 Å². The van der Waals surface area contributed by atoms with Crippen LogP contribution in [0.25, 0.3) is 33.7 Å². The van der Waals surface area contributed by atoms with E-state index in [9.17, 15) is 10.2 Å². The fourth-order valence-corrected chi connectivity index (χ4v) is 2.96. The Morgan fingerprint density at radius 1 is 0.778 bits per heavy atom. The van der Waals surface area contributed by atoms with E-state index in [4.69, 9.17) is 9.26 Å². The molecule has 0 saturated heterocycles. The number of ether oxygens (including phenoxy) is 1. The van der Waals surface area contributed by atoms with Crippen molar-refractivity contribution in [2.45, 2.75) is 0 Å². The Morgan fingerprint density at radius 3 is 2.04 bits per heavy atom. The summed E-state index contributed by atoms with van der Waals surface area (Å²) in [5.74, 6) is 1.68. The standard InChI is InChI=1S/C22H17NO4/c1-26-19-4-2-3-16(13-19)20-21(14-5-9-17(24)10-6-14)23-27-22(20)15-7-11-18(25)12-8-15/h2-13,24-25H,1H3. The van der Waals surface area contributed by atoms with Crippen molar-refractivity contribution in [2.24, 2.45) is 0 Å². The third kappa shape index (κ3) is 3.22. The third-order valence-corrected chi connectivity index (χ3v) is 4.32. The number of nitrogens with zero attached hydrogens (tertiary/aromatic N) is 1. The highest BCUT2D eigenvalue weighted by atomic mass is 16.5. The summed E-state index contributed by atoms with van der Waals surface area (Å²) in [6, 6.07) is 21.2. The highest BCUT2D eigenvalue weighted by Gasteiger charge is 2.21. The van der Waals surface area contributed by atoms with Gasteiger partial charge >= 0.3 is 0 Å². The first-order valence-corrected chi connectivity index (χ1v) is 8.38. The number of phenols is 2. The van der Waals surface area contributed by atoms with Gasteiger partial charge < -0.3 is 19.5 Å². The highest BCUT2D eigenvalue weighted by molar-refractivity contribution is 5.90. The number of aromatic hydroxyl groups is 2. The smallest absolute Gasteiger partial charge is 0.175 e. The maximum atomic E-state index is 9.58. The van der Waals surface area contributed by atoms with Crippen LogP contribution in [0.3, 0.4) is 0 Å². The summed E-state index contributed by atoms with van der Waals surface area (Å²) < 4.78 is 11.1. The van der Waals surface area contributed by atoms with Gasteiger partial charge in [0.1, 0.15) is 22.9 Å². The summed E-state index contributed by atoms with van der Waals surface area (Å²) >= 11 is 0. The van der Waals surface area contributed by atoms with Crippen molar-refractivity contribution in [3.63, 3.8) is 0 Å². The molecule has 134 valence electrons. The van der Waals surface area contributed by atoms with Crippen LogP contribution in [0.15, 0.2) is 77.3 Å². The van der Waals surface area contributed by atoms with Crippen molar-refractivity contribution in [2.75, 3.05) is 7.11 Å². The summed E-state index contributed by atoms with van der Waals surface area (Å²) in [6.45, 7) is 0. The zero-order valence-corrected chi connectivity index (χ0v) is 14.6. The molecule has 5 nitrogen and oxygen atoms in total. The van der Waals surface area contributed by atoms with Gasteiger partial charge in [0.2, 0.25) is 0 Å². The fourth-order valence-electron chi connectivity index (χ4n) is 2.96. The molecule has 0 bridgehead atoms. The average molecular weight is 359 g/mol. The second-order valence-corrected chi connectivity index (χ2v) is 6.06. The summed E-state index contributed by atoms with van der Waals surface area (Å²) in [5, 5.41) is 23.5. The molecule has 0 fully saturated rings. The van der Waals surface area contributed by atoms with Gasteiger partial charge in [-0.3, -0.25) is 0 Å². The van der Waals surface area contributed by atoms with Crippen LogP contribution in [0.4, 0.5) is 0 Å². The maximum absolute atomic E-state index is 9.58. The zero-order valence-electron chi connectivity index (χ0n) is 14.6. The largest absolute Gasteiger partial charge is 0.508 e. The van der Waals surface area contributed by atoms with Gasteiger partial charge in [-0.2, -0.15) is 0 Å². The number of aromatic nitrogens is 1. The monoisotopic (exact) mass is 359 g/mol. The molecule has 0 aliphatic rings. The molecule has 1 heterocycles. The first-order chi connectivity index (χ1) is 13.2. The second-order valence-electron chi connectivity index (χ2n) is 6.06. The molecule has 0 spiro atoms. The van der Waals surface area contributed by atoms with Crippen LogP contribution in [0.1, 0.15) is 0 Å². The molecule has 0 atom stereocenters. The molecule has 4 aromatic rings. The molecule has 0 unspecified atom stereocenters. The molecule has 5 heteroatoms. The van der Waals surface area contributed by atoms with Crippen molar-refractivity contribution >= 4 is 0 Å². The van der Waals surface area contributed by atoms with Crippen LogP contribution in [-0.4, -0.2) is 22.5 Å². The Labute approximate surface area is 156 Å². The summed E-state index contributed by atoms with van der Waals surface area (Å²) in [7, 11) is 1.62. The van der Waals surface area contributed by atoms with E-state index in [-0.39, 0.29) is 11.5 Å². The van der Waals surface area contributed by atoms with E-state index >= 15 is 0 Å². The Bertz CT molecular complexity index is 1000. The predicted molar refractivity (Wildman–Crippen MR) is 103 cm³/mol. The third-order valence-electron chi connectivity index (χ3n) is 4.32. The molecule has 0 aliphatic carbocycles. The van der Waals surface area contributed by atoms with Crippen LogP contribution >= 0.6 is 0 Å². The second kappa shape index (κ2) is 6.88. The molecule has 27 heavy (non-hydrogen) atoms. The molecule has 0 aliphatic heterocycles. The predicted octanol–water partition coefficient (Wildman–Crippen LogP) is 5.10. The Morgan fingerprint density at radius 2 is 1.41 bits per heavy atom. The Hall–Kier alpha value is -3.73. The van der Waals surface area contributed by atoms with Gasteiger partial charge in [0.25, 0.3) is 0 Å². The first kappa shape index (κ1) is 16.7. The highest BCUT2D eigenvalue weighted by Crippen LogP contribution is 2.41. The van der Waals surface area contributed by atoms with Crippen LogP contribution in [-0.2, 0) is 0 Å². The van der Waals surface area contributed by atoms with Crippen molar-refractivity contribution < 1.29 is 19.5 Å². The molecular formula is C22H17NO4. The minimum absolute atomic E-state index is 0.181. The fraction of sp³-hybridized carbons (Fsp3) is 0.0455. The van der Waals surface area contributed by atoms with E-state index in [0.717, 1.165) is 28.0 Å². The number of benzene rings is 3. The van der Waals surface area contributed by atoms with E-state index in [1.54, 1.807) is 55.6 Å². The molecule has 0 saturated carbocycles. The van der Waals surface area contributed by atoms with Gasteiger partial charge in [-0.15, -0.1) is 0 Å². The van der Waals surface area contributed by atoms with E-state index in [2.05, 4.69) is 5.16 Å². The Balaban J connectivity index is 1.94. The maximum Gasteiger partial charge on any atom is 0.175 e. The van der Waals surface area contributed by atoms with Gasteiger partial charge in [-0.05, 0) is 66.2 Å². The summed E-state index contributed by atoms with van der Waals surface area (Å²) in [4.78, 5) is 0. The molecular weight excluding hydrogens is 342 g/mol. The molecule has 0 amide bonds. The number of methoxy groups -OCH3 is 1. The zero-order chi connectivity index (χ0) is 18.8. The molecule has 1 aromatic heterocycles. The van der Waals surface area contributed by atoms with Crippen molar-refractivity contribution in [3.05, 3.63) is 72.8 Å². The molecule has 0 radical (unpaired) electrons. The van der Waals surface area contributed by atoms with Crippen LogP contribution < -0.4 is 4.74 Å². The quantitative estimate of drug-likeness (QED) is 0.530. The van der Waals surface area contributed by atoms with Gasteiger partial charge in [0.15, 0.2) is 5.76 Å². The molecule has 3 aromatic carbocycles. The lowest BCUT2D eigenvalue weighted by atomic mass is 9.96. The van der Waals surface area contributed by atoms with Gasteiger partial charge in [-0.25, -0.2) is 0 Å². The number of hydrogen-bond acceptors (Lipinski definition) is 5. The molecule has 4 rings (SSSR count). The van der Waals surface area contributed by atoms with Crippen LogP contribution in [0.2, 0.25) is 0 Å². The number of rotatable bonds is 4. The first-order valence-electron chi connectivity index (χ1n) is 8.38. The van der Waals surface area contributed by atoms with E-state index in [0.29, 0.717) is 11.5 Å². The Kier molecular flexibility index (Phi) is 4.26. The topological polar surface area (TPSA) is 75.7 Å². The number of phenolic OH excluding ortho intramolecular Hbond substituents is 2. The minimum Gasteiger partial charge on any atom is -0.508 e. The average Bonchev–Trinajstić information content (AvgIpc) is 3.14. The van der Waals surface area contributed by atoms with Crippen molar-refractivity contribution in [1.29, 1.82) is 0 Å². The normalized spacial score (nSPS) is 10.7. The van der Waals surface area contributed by atoms with E-state index < -0.39 is 0 Å². The van der Waals surface area contributed by atoms with Gasteiger partial charge in [-0.1, -0.05) is 17.3 Å². The lowest BCUT2D eigenvalue weighted by Gasteiger charge is -2.07. The summed E-state index contributed by atoms with van der Waals surface area (Å²) in [6.07, 6.45) is 0. The SMILES string of the molecule is COc1cccc(-c2c(-c3ccc(O)cc3)noc2-c2ccc(O)cc2)c1. The van der Waals surface area contributed by atoms with Crippen molar-refractivity contribution in [1.82, 2.24) is 5.16 Å². The van der Waals surface area contributed by atoms with Crippen molar-refractivity contribution in [3.8, 4) is 51.0 Å². The lowest BCUT2D eigenvalue weighted by molar-refractivity contribution is 0.415. The molecule has 2 N–H and O–H groups in total. The van der Waals surface area contributed by atoms with Crippen LogP contribution in [0, 0.1) is 0 Å². The van der Waals surface area contributed by atoms with E-state index in [1.807, 2.05) is 24.3 Å². The number of hydrogen-bond donors (Lipinski definition) is 2. The van der Waals surface area contributed by atoms with E-state index in [1.165, 1.54) is 0 Å². The minimum atomic E-state index is 0.181. The lowest BCUT2D eigenvalue weighted by Crippen LogP contribution is -1.87. The van der Waals surface area contributed by atoms with Gasteiger partial charge in [0, 0.05) is 11.1 Å². The van der Waals surface area contributed by atoms with Crippen LogP contribution in [0.5, 0.6) is 17.2 Å².